The number of aryl methyl sites for hydroxylation is 1. The van der Waals surface area contributed by atoms with Crippen molar-refractivity contribution in [1.82, 2.24) is 4.90 Å². The number of rotatable bonds is 4. The summed E-state index contributed by atoms with van der Waals surface area (Å²) in [7, 11) is 1.40. The number of esters is 1. The number of carbonyl (C=O) groups excluding carboxylic acids is 1. The molecule has 1 aliphatic heterocycles. The van der Waals surface area contributed by atoms with Gasteiger partial charge >= 0.3 is 5.97 Å². The quantitative estimate of drug-likeness (QED) is 0.792. The largest absolute Gasteiger partial charge is 0.465 e. The minimum atomic E-state index is -0.307. The number of ether oxygens (including phenoxy) is 2. The van der Waals surface area contributed by atoms with Crippen LogP contribution in [0.15, 0.2) is 48.5 Å². The van der Waals surface area contributed by atoms with Crippen LogP contribution >= 0.6 is 0 Å². The van der Waals surface area contributed by atoms with E-state index in [1.54, 1.807) is 0 Å². The minimum Gasteiger partial charge on any atom is -0.465 e. The van der Waals surface area contributed by atoms with Crippen molar-refractivity contribution >= 4 is 5.97 Å². The van der Waals surface area contributed by atoms with Gasteiger partial charge in [0.15, 0.2) is 0 Å². The van der Waals surface area contributed by atoms with Crippen molar-refractivity contribution in [2.75, 3.05) is 26.8 Å². The van der Waals surface area contributed by atoms with E-state index in [-0.39, 0.29) is 12.1 Å². The van der Waals surface area contributed by atoms with E-state index < -0.39 is 0 Å². The molecule has 1 aliphatic rings. The zero-order chi connectivity index (χ0) is 17.8. The Morgan fingerprint density at radius 1 is 1.24 bits per heavy atom. The van der Waals surface area contributed by atoms with Crippen LogP contribution in [-0.4, -0.2) is 37.7 Å². The summed E-state index contributed by atoms with van der Waals surface area (Å²) in [5.41, 5.74) is 4.09. The lowest BCUT2D eigenvalue weighted by molar-refractivity contribution is -0.0434. The van der Waals surface area contributed by atoms with Crippen LogP contribution in [0.2, 0.25) is 0 Å². The van der Waals surface area contributed by atoms with Crippen molar-refractivity contribution in [3.8, 4) is 0 Å². The first-order valence-electron chi connectivity index (χ1n) is 8.69. The Bertz CT molecular complexity index is 729. The Morgan fingerprint density at radius 2 is 2.00 bits per heavy atom. The van der Waals surface area contributed by atoms with Crippen LogP contribution in [0.4, 0.5) is 0 Å². The molecule has 1 unspecified atom stereocenters. The van der Waals surface area contributed by atoms with Gasteiger partial charge in [0.2, 0.25) is 0 Å². The van der Waals surface area contributed by atoms with Crippen LogP contribution in [0.25, 0.3) is 0 Å². The molecule has 0 spiro atoms. The second-order valence-corrected chi connectivity index (χ2v) is 6.50. The molecular formula is C21H25NO3. The summed E-state index contributed by atoms with van der Waals surface area (Å²) in [6.07, 6.45) is 0.0200. The van der Waals surface area contributed by atoms with Gasteiger partial charge in [0, 0.05) is 19.1 Å². The van der Waals surface area contributed by atoms with Crippen molar-refractivity contribution in [2.24, 2.45) is 0 Å². The molecule has 1 saturated heterocycles. The Balaban J connectivity index is 1.76. The first-order valence-corrected chi connectivity index (χ1v) is 8.69. The molecular weight excluding hydrogens is 314 g/mol. The molecule has 1 fully saturated rings. The summed E-state index contributed by atoms with van der Waals surface area (Å²) in [4.78, 5) is 14.1. The predicted octanol–water partition coefficient (Wildman–Crippen LogP) is 3.92. The van der Waals surface area contributed by atoms with Crippen LogP contribution in [0.1, 0.15) is 46.1 Å². The molecule has 3 rings (SSSR count). The smallest absolute Gasteiger partial charge is 0.337 e. The third-order valence-corrected chi connectivity index (χ3v) is 4.97. The third kappa shape index (κ3) is 3.91. The Morgan fingerprint density at radius 3 is 2.68 bits per heavy atom. The topological polar surface area (TPSA) is 38.8 Å². The van der Waals surface area contributed by atoms with Crippen molar-refractivity contribution in [3.63, 3.8) is 0 Å². The SMILES string of the molecule is COC(=O)c1ccc(C2CN([C@H](C)c3ccccc3)CCO2)c(C)c1. The molecule has 1 heterocycles. The average Bonchev–Trinajstić information content (AvgIpc) is 2.67. The highest BCUT2D eigenvalue weighted by molar-refractivity contribution is 5.89. The molecule has 0 aromatic heterocycles. The van der Waals surface area contributed by atoms with E-state index in [2.05, 4.69) is 36.1 Å². The molecule has 0 bridgehead atoms. The Labute approximate surface area is 149 Å². The number of hydrogen-bond acceptors (Lipinski definition) is 4. The molecule has 4 heteroatoms. The lowest BCUT2D eigenvalue weighted by Gasteiger charge is -2.37. The molecule has 0 amide bonds. The summed E-state index contributed by atoms with van der Waals surface area (Å²) in [6, 6.07) is 16.6. The summed E-state index contributed by atoms with van der Waals surface area (Å²) >= 11 is 0. The second-order valence-electron chi connectivity index (χ2n) is 6.50. The van der Waals surface area contributed by atoms with Gasteiger partial charge in [0.1, 0.15) is 0 Å². The zero-order valence-electron chi connectivity index (χ0n) is 15.1. The molecule has 4 nitrogen and oxygen atoms in total. The number of carbonyl (C=O) groups is 1. The first kappa shape index (κ1) is 17.6. The maximum atomic E-state index is 11.7. The van der Waals surface area contributed by atoms with E-state index in [0.29, 0.717) is 18.2 Å². The highest BCUT2D eigenvalue weighted by atomic mass is 16.5. The summed E-state index contributed by atoms with van der Waals surface area (Å²) in [6.45, 7) is 6.73. The van der Waals surface area contributed by atoms with Crippen molar-refractivity contribution in [3.05, 3.63) is 70.8 Å². The summed E-state index contributed by atoms with van der Waals surface area (Å²) in [5.74, 6) is -0.307. The number of methoxy groups -OCH3 is 1. The second kappa shape index (κ2) is 7.81. The van der Waals surface area contributed by atoms with Crippen LogP contribution in [-0.2, 0) is 9.47 Å². The van der Waals surface area contributed by atoms with Crippen LogP contribution in [0, 0.1) is 6.92 Å². The molecule has 0 radical (unpaired) electrons. The third-order valence-electron chi connectivity index (χ3n) is 4.97. The van der Waals surface area contributed by atoms with Crippen molar-refractivity contribution < 1.29 is 14.3 Å². The molecule has 0 saturated carbocycles. The standard InChI is InChI=1S/C21H25NO3/c1-15-13-18(21(23)24-3)9-10-19(15)20-14-22(11-12-25-20)16(2)17-7-5-4-6-8-17/h4-10,13,16,20H,11-12,14H2,1-3H3/t16-,20?/m1/s1. The maximum absolute atomic E-state index is 11.7. The Kier molecular flexibility index (Phi) is 5.51. The van der Waals surface area contributed by atoms with Gasteiger partial charge in [-0.1, -0.05) is 36.4 Å². The fourth-order valence-corrected chi connectivity index (χ4v) is 3.43. The van der Waals surface area contributed by atoms with E-state index in [0.717, 1.165) is 24.2 Å². The zero-order valence-corrected chi connectivity index (χ0v) is 15.1. The monoisotopic (exact) mass is 339 g/mol. The minimum absolute atomic E-state index is 0.0200. The van der Waals surface area contributed by atoms with Gasteiger partial charge < -0.3 is 9.47 Å². The number of morpholine rings is 1. The maximum Gasteiger partial charge on any atom is 0.337 e. The summed E-state index contributed by atoms with van der Waals surface area (Å²) in [5, 5.41) is 0. The van der Waals surface area contributed by atoms with Crippen LogP contribution < -0.4 is 0 Å². The molecule has 0 aliphatic carbocycles. The van der Waals surface area contributed by atoms with Crippen LogP contribution in [0.3, 0.4) is 0 Å². The fourth-order valence-electron chi connectivity index (χ4n) is 3.43. The molecule has 25 heavy (non-hydrogen) atoms. The molecule has 132 valence electrons. The average molecular weight is 339 g/mol. The van der Waals surface area contributed by atoms with E-state index in [4.69, 9.17) is 9.47 Å². The first-order chi connectivity index (χ1) is 12.1. The molecule has 2 aromatic carbocycles. The van der Waals surface area contributed by atoms with E-state index in [1.807, 2.05) is 31.2 Å². The predicted molar refractivity (Wildman–Crippen MR) is 97.6 cm³/mol. The van der Waals surface area contributed by atoms with Gasteiger partial charge in [-0.15, -0.1) is 0 Å². The number of hydrogen-bond donors (Lipinski definition) is 0. The lowest BCUT2D eigenvalue weighted by atomic mass is 9.98. The van der Waals surface area contributed by atoms with Gasteiger partial charge in [-0.2, -0.15) is 0 Å². The lowest BCUT2D eigenvalue weighted by Crippen LogP contribution is -2.40. The number of benzene rings is 2. The van der Waals surface area contributed by atoms with Crippen LogP contribution in [0.5, 0.6) is 0 Å². The van der Waals surface area contributed by atoms with E-state index in [9.17, 15) is 4.79 Å². The normalized spacial score (nSPS) is 19.4. The highest BCUT2D eigenvalue weighted by Crippen LogP contribution is 2.30. The fraction of sp³-hybridized carbons (Fsp3) is 0.381. The Hall–Kier alpha value is -2.17. The molecule has 2 aromatic rings. The van der Waals surface area contributed by atoms with Gasteiger partial charge in [-0.25, -0.2) is 4.79 Å². The van der Waals surface area contributed by atoms with Gasteiger partial charge in [0.25, 0.3) is 0 Å². The van der Waals surface area contributed by atoms with E-state index >= 15 is 0 Å². The number of nitrogens with zero attached hydrogens (tertiary/aromatic N) is 1. The molecule has 2 atom stereocenters. The highest BCUT2D eigenvalue weighted by Gasteiger charge is 2.27. The summed E-state index contributed by atoms with van der Waals surface area (Å²) < 4.78 is 10.8. The van der Waals surface area contributed by atoms with E-state index in [1.165, 1.54) is 12.7 Å². The molecule has 0 N–H and O–H groups in total. The van der Waals surface area contributed by atoms with Gasteiger partial charge in [-0.05, 0) is 42.7 Å². The van der Waals surface area contributed by atoms with Crippen molar-refractivity contribution in [2.45, 2.75) is 26.0 Å². The van der Waals surface area contributed by atoms with Crippen molar-refractivity contribution in [1.29, 1.82) is 0 Å². The van der Waals surface area contributed by atoms with Gasteiger partial charge in [0.05, 0.1) is 25.4 Å². The van der Waals surface area contributed by atoms with Gasteiger partial charge in [-0.3, -0.25) is 4.90 Å².